The van der Waals surface area contributed by atoms with Crippen molar-refractivity contribution in [2.75, 3.05) is 0 Å². The first-order valence-electron chi connectivity index (χ1n) is 15.5. The molecule has 0 unspecified atom stereocenters. The van der Waals surface area contributed by atoms with Crippen LogP contribution in [-0.4, -0.2) is 18.0 Å². The standard InChI is InChI=1S/C42H32N2Si/c1-45(2)38-25-10-9-24-37(38)39-40(35-22-12-19-32(27-35)30-16-7-4-8-17-30)43-41(44-42(39)45)36-23-13-21-34(28-36)33-20-11-18-31(26-33)29-14-5-3-6-15-29/h3-28H,1-2H3. The monoisotopic (exact) mass is 592 g/mol. The lowest BCUT2D eigenvalue weighted by Crippen LogP contribution is -2.50. The van der Waals surface area contributed by atoms with Gasteiger partial charge in [-0.2, -0.15) is 0 Å². The van der Waals surface area contributed by atoms with E-state index in [2.05, 4.69) is 171 Å². The molecule has 0 N–H and O–H groups in total. The number of nitrogens with zero attached hydrogens (tertiary/aromatic N) is 2. The summed E-state index contributed by atoms with van der Waals surface area (Å²) in [6, 6.07) is 56.3. The topological polar surface area (TPSA) is 25.8 Å². The number of hydrogen-bond donors (Lipinski definition) is 0. The van der Waals surface area contributed by atoms with Gasteiger partial charge in [-0.1, -0.05) is 153 Å². The summed E-state index contributed by atoms with van der Waals surface area (Å²) < 4.78 is 0. The molecule has 6 aromatic carbocycles. The zero-order valence-corrected chi connectivity index (χ0v) is 26.4. The molecule has 1 aliphatic rings. The Kier molecular flexibility index (Phi) is 6.62. The summed E-state index contributed by atoms with van der Waals surface area (Å²) in [5.41, 5.74) is 12.8. The first kappa shape index (κ1) is 27.2. The van der Waals surface area contributed by atoms with Crippen LogP contribution < -0.4 is 10.5 Å². The minimum Gasteiger partial charge on any atom is -0.237 e. The van der Waals surface area contributed by atoms with Crippen LogP contribution in [0.5, 0.6) is 0 Å². The van der Waals surface area contributed by atoms with Crippen molar-refractivity contribution in [3.63, 3.8) is 0 Å². The molecule has 2 heterocycles. The van der Waals surface area contributed by atoms with Crippen molar-refractivity contribution in [1.29, 1.82) is 0 Å². The Morgan fingerprint density at radius 2 is 0.844 bits per heavy atom. The maximum absolute atomic E-state index is 5.41. The van der Waals surface area contributed by atoms with E-state index in [0.717, 1.165) is 28.2 Å². The third kappa shape index (κ3) is 4.82. The highest BCUT2D eigenvalue weighted by Gasteiger charge is 2.41. The number of hydrogen-bond acceptors (Lipinski definition) is 2. The first-order valence-corrected chi connectivity index (χ1v) is 18.5. The first-order chi connectivity index (χ1) is 22.1. The molecule has 0 aliphatic carbocycles. The third-order valence-electron chi connectivity index (χ3n) is 9.04. The van der Waals surface area contributed by atoms with E-state index in [9.17, 15) is 0 Å². The van der Waals surface area contributed by atoms with Crippen LogP contribution in [0.2, 0.25) is 13.1 Å². The van der Waals surface area contributed by atoms with Gasteiger partial charge in [-0.3, -0.25) is 0 Å². The molecular weight excluding hydrogens is 561 g/mol. The van der Waals surface area contributed by atoms with Gasteiger partial charge in [-0.15, -0.1) is 0 Å². The van der Waals surface area contributed by atoms with E-state index < -0.39 is 8.07 Å². The van der Waals surface area contributed by atoms with Crippen LogP contribution in [0.1, 0.15) is 0 Å². The third-order valence-corrected chi connectivity index (χ3v) is 12.4. The quantitative estimate of drug-likeness (QED) is 0.186. The molecule has 1 aromatic heterocycles. The van der Waals surface area contributed by atoms with Crippen molar-refractivity contribution < 1.29 is 0 Å². The van der Waals surface area contributed by atoms with E-state index in [1.807, 2.05) is 0 Å². The molecule has 3 heteroatoms. The fourth-order valence-electron chi connectivity index (χ4n) is 6.70. The Labute approximate surface area is 265 Å². The Bertz CT molecular complexity index is 2190. The lowest BCUT2D eigenvalue weighted by atomic mass is 9.96. The number of fused-ring (bicyclic) bond motifs is 3. The van der Waals surface area contributed by atoms with E-state index in [1.54, 1.807) is 0 Å². The van der Waals surface area contributed by atoms with Crippen LogP contribution in [-0.2, 0) is 0 Å². The van der Waals surface area contributed by atoms with E-state index in [1.165, 1.54) is 49.4 Å². The number of benzene rings is 6. The zero-order valence-electron chi connectivity index (χ0n) is 25.4. The van der Waals surface area contributed by atoms with Gasteiger partial charge >= 0.3 is 0 Å². The molecule has 214 valence electrons. The van der Waals surface area contributed by atoms with Crippen molar-refractivity contribution in [2.45, 2.75) is 13.1 Å². The molecule has 0 saturated heterocycles. The summed E-state index contributed by atoms with van der Waals surface area (Å²) in [6.45, 7) is 4.84. The molecule has 8 rings (SSSR count). The predicted molar refractivity (Wildman–Crippen MR) is 191 cm³/mol. The summed E-state index contributed by atoms with van der Waals surface area (Å²) in [5, 5.41) is 2.64. The van der Waals surface area contributed by atoms with Gasteiger partial charge in [0.25, 0.3) is 0 Å². The molecule has 0 atom stereocenters. The van der Waals surface area contributed by atoms with Gasteiger partial charge in [0.1, 0.15) is 8.07 Å². The van der Waals surface area contributed by atoms with Crippen molar-refractivity contribution in [2.24, 2.45) is 0 Å². The van der Waals surface area contributed by atoms with Crippen molar-refractivity contribution >= 4 is 18.6 Å². The summed E-state index contributed by atoms with van der Waals surface area (Å²) in [7, 11) is -2.06. The van der Waals surface area contributed by atoms with Crippen LogP contribution in [0.15, 0.2) is 158 Å². The second-order valence-electron chi connectivity index (χ2n) is 12.3. The van der Waals surface area contributed by atoms with Crippen LogP contribution in [0.4, 0.5) is 0 Å². The molecule has 0 bridgehead atoms. The smallest absolute Gasteiger partial charge is 0.159 e. The summed E-state index contributed by atoms with van der Waals surface area (Å²) in [6.07, 6.45) is 0. The fraction of sp³-hybridized carbons (Fsp3) is 0.0476. The van der Waals surface area contributed by atoms with Crippen molar-refractivity contribution in [1.82, 2.24) is 9.97 Å². The minimum atomic E-state index is -2.06. The Morgan fingerprint density at radius 3 is 1.47 bits per heavy atom. The van der Waals surface area contributed by atoms with Crippen LogP contribution in [0.3, 0.4) is 0 Å². The molecule has 0 spiro atoms. The lowest BCUT2D eigenvalue weighted by Gasteiger charge is -2.19. The minimum absolute atomic E-state index is 0.781. The normalized spacial score (nSPS) is 12.8. The number of rotatable bonds is 5. The second kappa shape index (κ2) is 11.0. The maximum Gasteiger partial charge on any atom is 0.159 e. The van der Waals surface area contributed by atoms with Crippen LogP contribution in [0, 0.1) is 0 Å². The van der Waals surface area contributed by atoms with Crippen LogP contribution >= 0.6 is 0 Å². The molecule has 2 nitrogen and oxygen atoms in total. The van der Waals surface area contributed by atoms with Gasteiger partial charge in [0, 0.05) is 22.0 Å². The molecule has 0 saturated carbocycles. The van der Waals surface area contributed by atoms with Gasteiger partial charge in [-0.25, -0.2) is 9.97 Å². The Morgan fingerprint density at radius 1 is 0.400 bits per heavy atom. The van der Waals surface area contributed by atoms with Crippen LogP contribution in [0.25, 0.3) is 67.2 Å². The van der Waals surface area contributed by atoms with Gasteiger partial charge in [-0.05, 0) is 62.3 Å². The molecule has 0 radical (unpaired) electrons. The van der Waals surface area contributed by atoms with E-state index in [4.69, 9.17) is 9.97 Å². The fourth-order valence-corrected chi connectivity index (χ4v) is 9.62. The molecule has 45 heavy (non-hydrogen) atoms. The average Bonchev–Trinajstić information content (AvgIpc) is 3.35. The highest BCUT2D eigenvalue weighted by molar-refractivity contribution is 7.03. The summed E-state index contributed by atoms with van der Waals surface area (Å²) >= 11 is 0. The molecule has 0 fully saturated rings. The average molecular weight is 593 g/mol. The highest BCUT2D eigenvalue weighted by atomic mass is 28.3. The van der Waals surface area contributed by atoms with Gasteiger partial charge < -0.3 is 0 Å². The molecule has 1 aliphatic heterocycles. The SMILES string of the molecule is C[Si]1(C)c2ccccc2-c2c(-c3cccc(-c4ccccc4)c3)nc(-c3cccc(-c4cccc(-c5ccccc5)c4)c3)nc21. The Balaban J connectivity index is 1.30. The van der Waals surface area contributed by atoms with Gasteiger partial charge in [0.05, 0.1) is 5.69 Å². The molecule has 7 aromatic rings. The van der Waals surface area contributed by atoms with Gasteiger partial charge in [0.2, 0.25) is 0 Å². The zero-order chi connectivity index (χ0) is 30.4. The predicted octanol–water partition coefficient (Wildman–Crippen LogP) is 9.61. The van der Waals surface area contributed by atoms with E-state index >= 15 is 0 Å². The largest absolute Gasteiger partial charge is 0.237 e. The highest BCUT2D eigenvalue weighted by Crippen LogP contribution is 2.38. The van der Waals surface area contributed by atoms with E-state index in [-0.39, 0.29) is 0 Å². The maximum atomic E-state index is 5.41. The number of aromatic nitrogens is 2. The molecular formula is C42H32N2Si. The van der Waals surface area contributed by atoms with E-state index in [0.29, 0.717) is 0 Å². The second-order valence-corrected chi connectivity index (χ2v) is 16.5. The van der Waals surface area contributed by atoms with Crippen molar-refractivity contribution in [3.05, 3.63) is 158 Å². The summed E-state index contributed by atoms with van der Waals surface area (Å²) in [5.74, 6) is 0.781. The van der Waals surface area contributed by atoms with Gasteiger partial charge in [0.15, 0.2) is 5.82 Å². The summed E-state index contributed by atoms with van der Waals surface area (Å²) in [4.78, 5) is 10.8. The lowest BCUT2D eigenvalue weighted by molar-refractivity contribution is 1.21. The molecule has 0 amide bonds. The van der Waals surface area contributed by atoms with Crippen molar-refractivity contribution in [3.8, 4) is 67.2 Å². The Hall–Kier alpha value is -5.38.